The summed E-state index contributed by atoms with van der Waals surface area (Å²) < 4.78 is 38.5. The first-order valence-electron chi connectivity index (χ1n) is 6.18. The lowest BCUT2D eigenvalue weighted by Crippen LogP contribution is -2.30. The number of halogens is 3. The molecule has 102 valence electrons. The Balaban J connectivity index is 2.20. The van der Waals surface area contributed by atoms with Gasteiger partial charge in [0, 0.05) is 24.5 Å². The molecule has 0 spiro atoms. The van der Waals surface area contributed by atoms with E-state index in [9.17, 15) is 13.2 Å². The van der Waals surface area contributed by atoms with Gasteiger partial charge in [-0.25, -0.2) is 0 Å². The summed E-state index contributed by atoms with van der Waals surface area (Å²) in [4.78, 5) is 0. The number of nitrogens with two attached hydrogens (primary N) is 1. The molecular weight excluding hydrogens is 241 g/mol. The zero-order valence-electron chi connectivity index (χ0n) is 10.7. The molecule has 2 N–H and O–H groups in total. The lowest BCUT2D eigenvalue weighted by Gasteiger charge is -2.34. The number of alkyl halides is 3. The van der Waals surface area contributed by atoms with E-state index < -0.39 is 12.6 Å². The molecule has 0 bridgehead atoms. The highest BCUT2D eigenvalue weighted by atomic mass is 19.4. The Kier molecular flexibility index (Phi) is 3.21. The van der Waals surface area contributed by atoms with Crippen LogP contribution >= 0.6 is 0 Å². The molecule has 0 aliphatic heterocycles. The minimum Gasteiger partial charge on any atom is -0.351 e. The molecule has 0 saturated heterocycles. The second-order valence-electron chi connectivity index (χ2n) is 5.93. The Bertz CT molecular complexity index is 432. The highest BCUT2D eigenvalue weighted by Crippen LogP contribution is 2.40. The Labute approximate surface area is 105 Å². The van der Waals surface area contributed by atoms with E-state index in [2.05, 4.69) is 13.8 Å². The zero-order valence-corrected chi connectivity index (χ0v) is 10.7. The predicted octanol–water partition coefficient (Wildman–Crippen LogP) is 3.41. The van der Waals surface area contributed by atoms with E-state index in [-0.39, 0.29) is 18.0 Å². The predicted molar refractivity (Wildman–Crippen MR) is 64.1 cm³/mol. The molecule has 2 nitrogen and oxygen atoms in total. The Morgan fingerprint density at radius 2 is 2.11 bits per heavy atom. The van der Waals surface area contributed by atoms with Gasteiger partial charge in [-0.1, -0.05) is 13.8 Å². The third-order valence-corrected chi connectivity index (χ3v) is 3.57. The molecule has 5 heteroatoms. The maximum absolute atomic E-state index is 12.3. The first kappa shape index (κ1) is 13.5. The molecule has 0 saturated carbocycles. The summed E-state index contributed by atoms with van der Waals surface area (Å²) in [6.45, 7) is 4.20. The van der Waals surface area contributed by atoms with Crippen molar-refractivity contribution in [2.24, 2.45) is 11.1 Å². The first-order valence-corrected chi connectivity index (χ1v) is 6.18. The van der Waals surface area contributed by atoms with Gasteiger partial charge in [-0.05, 0) is 29.9 Å². The number of aromatic nitrogens is 1. The number of hydrogen-bond donors (Lipinski definition) is 1. The molecule has 0 fully saturated rings. The maximum Gasteiger partial charge on any atom is 0.390 e. The second kappa shape index (κ2) is 4.30. The largest absolute Gasteiger partial charge is 0.390 e. The lowest BCUT2D eigenvalue weighted by molar-refractivity contribution is -0.136. The number of fused-ring (bicyclic) bond motifs is 1. The molecule has 0 aromatic carbocycles. The second-order valence-corrected chi connectivity index (χ2v) is 5.93. The highest BCUT2D eigenvalue weighted by molar-refractivity contribution is 5.30. The van der Waals surface area contributed by atoms with Crippen LogP contribution in [0.4, 0.5) is 13.2 Å². The van der Waals surface area contributed by atoms with Crippen molar-refractivity contribution >= 4 is 0 Å². The molecule has 2 rings (SSSR count). The summed E-state index contributed by atoms with van der Waals surface area (Å²) >= 11 is 0. The molecule has 1 heterocycles. The van der Waals surface area contributed by atoms with Crippen LogP contribution in [0.15, 0.2) is 12.3 Å². The molecule has 18 heavy (non-hydrogen) atoms. The van der Waals surface area contributed by atoms with E-state index in [4.69, 9.17) is 5.73 Å². The number of rotatable bonds is 2. The van der Waals surface area contributed by atoms with Crippen molar-refractivity contribution in [1.82, 2.24) is 4.57 Å². The Morgan fingerprint density at radius 1 is 1.44 bits per heavy atom. The van der Waals surface area contributed by atoms with Gasteiger partial charge in [0.2, 0.25) is 0 Å². The third-order valence-electron chi connectivity index (χ3n) is 3.57. The molecule has 1 aromatic heterocycles. The highest BCUT2D eigenvalue weighted by Gasteiger charge is 2.33. The lowest BCUT2D eigenvalue weighted by atomic mass is 9.74. The van der Waals surface area contributed by atoms with E-state index in [1.807, 2.05) is 6.07 Å². The van der Waals surface area contributed by atoms with Gasteiger partial charge in [-0.2, -0.15) is 13.2 Å². The molecular formula is C13H19F3N2. The number of nitrogens with zero attached hydrogens (tertiary/aromatic N) is 1. The van der Waals surface area contributed by atoms with Crippen LogP contribution < -0.4 is 5.73 Å². The minimum absolute atomic E-state index is 0.0123. The van der Waals surface area contributed by atoms with Gasteiger partial charge in [0.1, 0.15) is 0 Å². The van der Waals surface area contributed by atoms with E-state index >= 15 is 0 Å². The minimum atomic E-state index is -4.11. The summed E-state index contributed by atoms with van der Waals surface area (Å²) in [5.41, 5.74) is 8.12. The summed E-state index contributed by atoms with van der Waals surface area (Å²) in [5, 5.41) is 0. The van der Waals surface area contributed by atoms with Gasteiger partial charge in [0.25, 0.3) is 0 Å². The molecule has 1 aliphatic rings. The average molecular weight is 260 g/mol. The molecule has 1 atom stereocenters. The van der Waals surface area contributed by atoms with Crippen molar-refractivity contribution in [3.05, 3.63) is 23.5 Å². The van der Waals surface area contributed by atoms with Crippen LogP contribution in [-0.2, 0) is 13.0 Å². The SMILES string of the molecule is CC1(C)Cc2c(ccn2CCC(F)(F)F)C(N)C1. The van der Waals surface area contributed by atoms with Gasteiger partial charge >= 0.3 is 6.18 Å². The number of aryl methyl sites for hydroxylation is 1. The molecule has 0 radical (unpaired) electrons. The van der Waals surface area contributed by atoms with Crippen LogP contribution in [0, 0.1) is 5.41 Å². The summed E-state index contributed by atoms with van der Waals surface area (Å²) in [6, 6.07) is 1.81. The van der Waals surface area contributed by atoms with Gasteiger partial charge < -0.3 is 10.3 Å². The van der Waals surface area contributed by atoms with E-state index in [0.29, 0.717) is 0 Å². The van der Waals surface area contributed by atoms with Crippen molar-refractivity contribution in [2.45, 2.75) is 51.9 Å². The van der Waals surface area contributed by atoms with Gasteiger partial charge in [0.15, 0.2) is 0 Å². The van der Waals surface area contributed by atoms with Crippen molar-refractivity contribution < 1.29 is 13.2 Å². The van der Waals surface area contributed by atoms with Gasteiger partial charge in [-0.3, -0.25) is 0 Å². The smallest absolute Gasteiger partial charge is 0.351 e. The van der Waals surface area contributed by atoms with E-state index in [1.165, 1.54) is 0 Å². The van der Waals surface area contributed by atoms with Gasteiger partial charge in [-0.15, -0.1) is 0 Å². The molecule has 1 unspecified atom stereocenters. The quantitative estimate of drug-likeness (QED) is 0.868. The topological polar surface area (TPSA) is 30.9 Å². The van der Waals surface area contributed by atoms with Gasteiger partial charge in [0.05, 0.1) is 6.42 Å². The van der Waals surface area contributed by atoms with Crippen LogP contribution in [0.2, 0.25) is 0 Å². The fourth-order valence-electron chi connectivity index (χ4n) is 2.75. The standard InChI is InChI=1S/C13H19F3N2/c1-12(2)7-10(17)9-3-5-18(11(9)8-12)6-4-13(14,15)16/h3,5,10H,4,6-8,17H2,1-2H3. The summed E-state index contributed by atoms with van der Waals surface area (Å²) in [7, 11) is 0. The van der Waals surface area contributed by atoms with Crippen LogP contribution in [-0.4, -0.2) is 10.7 Å². The fourth-order valence-corrected chi connectivity index (χ4v) is 2.75. The summed E-state index contributed by atoms with van der Waals surface area (Å²) in [5.74, 6) is 0. The van der Waals surface area contributed by atoms with E-state index in [0.717, 1.165) is 24.1 Å². The normalized spacial score (nSPS) is 22.9. The van der Waals surface area contributed by atoms with Crippen molar-refractivity contribution in [2.75, 3.05) is 0 Å². The maximum atomic E-state index is 12.3. The van der Waals surface area contributed by atoms with Crippen LogP contribution in [0.1, 0.15) is 44.0 Å². The Hall–Kier alpha value is -0.970. The molecule has 1 aliphatic carbocycles. The zero-order chi connectivity index (χ0) is 13.6. The van der Waals surface area contributed by atoms with Crippen LogP contribution in [0.25, 0.3) is 0 Å². The molecule has 1 aromatic rings. The van der Waals surface area contributed by atoms with Crippen molar-refractivity contribution in [3.63, 3.8) is 0 Å². The van der Waals surface area contributed by atoms with E-state index in [1.54, 1.807) is 10.8 Å². The first-order chi connectivity index (χ1) is 8.18. The van der Waals surface area contributed by atoms with Crippen LogP contribution in [0.5, 0.6) is 0 Å². The van der Waals surface area contributed by atoms with Crippen molar-refractivity contribution in [1.29, 1.82) is 0 Å². The van der Waals surface area contributed by atoms with Crippen molar-refractivity contribution in [3.8, 4) is 0 Å². The Morgan fingerprint density at radius 3 is 2.72 bits per heavy atom. The summed E-state index contributed by atoms with van der Waals surface area (Å²) in [6.07, 6.45) is -1.49. The third kappa shape index (κ3) is 2.88. The molecule has 0 amide bonds. The monoisotopic (exact) mass is 260 g/mol. The van der Waals surface area contributed by atoms with Crippen LogP contribution in [0.3, 0.4) is 0 Å². The fraction of sp³-hybridized carbons (Fsp3) is 0.692. The average Bonchev–Trinajstić information content (AvgIpc) is 2.55. The number of hydrogen-bond acceptors (Lipinski definition) is 1.